The minimum atomic E-state index is -1.20. The number of hydrogen-bond donors (Lipinski definition) is 3. The number of carbonyl (C=O) groups excluding carboxylic acids is 2. The molecule has 0 saturated carbocycles. The van der Waals surface area contributed by atoms with Crippen LogP contribution in [0.4, 0.5) is 0 Å². The minimum Gasteiger partial charge on any atom is -0.477 e. The zero-order chi connectivity index (χ0) is 13.5. The normalized spacial score (nSPS) is 9.61. The Morgan fingerprint density at radius 2 is 1.94 bits per heavy atom. The summed E-state index contributed by atoms with van der Waals surface area (Å²) in [5.41, 5.74) is -0.194. The Hall–Kier alpha value is -2.44. The van der Waals surface area contributed by atoms with E-state index in [2.05, 4.69) is 15.6 Å². The maximum atomic E-state index is 11.6. The fourth-order valence-electron chi connectivity index (χ4n) is 1.19. The molecule has 0 spiro atoms. The number of rotatable bonds is 5. The van der Waals surface area contributed by atoms with E-state index in [4.69, 9.17) is 5.11 Å². The molecule has 0 aliphatic rings. The monoisotopic (exact) mass is 251 g/mol. The van der Waals surface area contributed by atoms with Crippen molar-refractivity contribution in [1.82, 2.24) is 15.6 Å². The highest BCUT2D eigenvalue weighted by atomic mass is 16.4. The number of amides is 2. The number of nitrogens with one attached hydrogen (secondary N) is 2. The van der Waals surface area contributed by atoms with Gasteiger partial charge in [-0.3, -0.25) is 9.59 Å². The molecule has 0 atom stereocenters. The summed E-state index contributed by atoms with van der Waals surface area (Å²) in [7, 11) is 1.50. The first kappa shape index (κ1) is 13.6. The van der Waals surface area contributed by atoms with Gasteiger partial charge in [0.2, 0.25) is 5.91 Å². The standard InChI is InChI=1S/C11H13N3O4/c1-12-9(15)5-6-13-10(16)7-3-2-4-8(14-7)11(17)18/h2-4H,5-6H2,1H3,(H,12,15)(H,13,16)(H,17,18). The van der Waals surface area contributed by atoms with Gasteiger partial charge in [-0.25, -0.2) is 9.78 Å². The van der Waals surface area contributed by atoms with Gasteiger partial charge in [0.1, 0.15) is 11.4 Å². The third-order valence-electron chi connectivity index (χ3n) is 2.12. The number of aromatic carboxylic acids is 1. The molecular weight excluding hydrogens is 238 g/mol. The zero-order valence-electron chi connectivity index (χ0n) is 9.77. The van der Waals surface area contributed by atoms with Crippen LogP contribution >= 0.6 is 0 Å². The van der Waals surface area contributed by atoms with Crippen LogP contribution in [-0.2, 0) is 4.79 Å². The van der Waals surface area contributed by atoms with E-state index >= 15 is 0 Å². The molecule has 7 nitrogen and oxygen atoms in total. The zero-order valence-corrected chi connectivity index (χ0v) is 9.77. The fraction of sp³-hybridized carbons (Fsp3) is 0.273. The van der Waals surface area contributed by atoms with E-state index in [-0.39, 0.29) is 30.3 Å². The average Bonchev–Trinajstić information content (AvgIpc) is 2.38. The molecule has 0 aliphatic carbocycles. The molecule has 0 radical (unpaired) electrons. The van der Waals surface area contributed by atoms with Crippen molar-refractivity contribution in [2.75, 3.05) is 13.6 Å². The van der Waals surface area contributed by atoms with Crippen molar-refractivity contribution in [2.24, 2.45) is 0 Å². The van der Waals surface area contributed by atoms with E-state index in [0.717, 1.165) is 0 Å². The summed E-state index contributed by atoms with van der Waals surface area (Å²) in [6.45, 7) is 0.164. The molecule has 18 heavy (non-hydrogen) atoms. The number of aromatic nitrogens is 1. The van der Waals surface area contributed by atoms with Crippen LogP contribution in [0.5, 0.6) is 0 Å². The molecule has 0 aliphatic heterocycles. The van der Waals surface area contributed by atoms with Crippen LogP contribution in [0.15, 0.2) is 18.2 Å². The third-order valence-corrected chi connectivity index (χ3v) is 2.12. The first-order valence-corrected chi connectivity index (χ1v) is 5.23. The van der Waals surface area contributed by atoms with Gasteiger partial charge in [-0.05, 0) is 12.1 Å². The minimum absolute atomic E-state index is 0.00630. The van der Waals surface area contributed by atoms with E-state index < -0.39 is 11.9 Å². The van der Waals surface area contributed by atoms with Gasteiger partial charge in [-0.1, -0.05) is 6.07 Å². The van der Waals surface area contributed by atoms with Gasteiger partial charge in [0, 0.05) is 20.0 Å². The van der Waals surface area contributed by atoms with Gasteiger partial charge in [-0.2, -0.15) is 0 Å². The summed E-state index contributed by atoms with van der Waals surface area (Å²) >= 11 is 0. The predicted octanol–water partition coefficient (Wildman–Crippen LogP) is -0.354. The Labute approximate surface area is 103 Å². The molecular formula is C11H13N3O4. The molecule has 0 fully saturated rings. The van der Waals surface area contributed by atoms with Gasteiger partial charge < -0.3 is 15.7 Å². The second kappa shape index (κ2) is 6.33. The van der Waals surface area contributed by atoms with Crippen molar-refractivity contribution in [3.63, 3.8) is 0 Å². The van der Waals surface area contributed by atoms with Crippen molar-refractivity contribution in [3.8, 4) is 0 Å². The fourth-order valence-corrected chi connectivity index (χ4v) is 1.19. The van der Waals surface area contributed by atoms with Crippen LogP contribution in [0.25, 0.3) is 0 Å². The third kappa shape index (κ3) is 3.85. The van der Waals surface area contributed by atoms with Crippen LogP contribution in [0, 0.1) is 0 Å². The SMILES string of the molecule is CNC(=O)CCNC(=O)c1cccc(C(=O)O)n1. The number of carboxylic acid groups (broad SMARTS) is 1. The first-order chi connectivity index (χ1) is 8.54. The first-order valence-electron chi connectivity index (χ1n) is 5.23. The average molecular weight is 251 g/mol. The van der Waals surface area contributed by atoms with Crippen LogP contribution < -0.4 is 10.6 Å². The van der Waals surface area contributed by atoms with Crippen LogP contribution in [0.2, 0.25) is 0 Å². The smallest absolute Gasteiger partial charge is 0.354 e. The highest BCUT2D eigenvalue weighted by Gasteiger charge is 2.11. The van der Waals surface area contributed by atoms with Crippen molar-refractivity contribution in [1.29, 1.82) is 0 Å². The highest BCUT2D eigenvalue weighted by Crippen LogP contribution is 1.99. The van der Waals surface area contributed by atoms with E-state index in [1.54, 1.807) is 0 Å². The molecule has 1 heterocycles. The lowest BCUT2D eigenvalue weighted by molar-refractivity contribution is -0.120. The molecule has 1 aromatic rings. The van der Waals surface area contributed by atoms with Gasteiger partial charge in [0.15, 0.2) is 0 Å². The molecule has 0 unspecified atom stereocenters. The van der Waals surface area contributed by atoms with E-state index in [1.807, 2.05) is 0 Å². The number of nitrogens with zero attached hydrogens (tertiary/aromatic N) is 1. The Morgan fingerprint density at radius 1 is 1.28 bits per heavy atom. The molecule has 0 saturated heterocycles. The summed E-state index contributed by atoms with van der Waals surface area (Å²) in [5, 5.41) is 13.6. The number of carbonyl (C=O) groups is 3. The molecule has 7 heteroatoms. The molecule has 1 aromatic heterocycles. The van der Waals surface area contributed by atoms with Gasteiger partial charge in [0.25, 0.3) is 5.91 Å². The quantitative estimate of drug-likeness (QED) is 0.662. The van der Waals surface area contributed by atoms with Gasteiger partial charge >= 0.3 is 5.97 Å². The van der Waals surface area contributed by atoms with E-state index in [0.29, 0.717) is 0 Å². The topological polar surface area (TPSA) is 108 Å². The molecule has 3 N–H and O–H groups in total. The number of hydrogen-bond acceptors (Lipinski definition) is 4. The van der Waals surface area contributed by atoms with Crippen molar-refractivity contribution < 1.29 is 19.5 Å². The summed E-state index contributed by atoms with van der Waals surface area (Å²) < 4.78 is 0. The molecule has 2 amide bonds. The highest BCUT2D eigenvalue weighted by molar-refractivity contribution is 5.94. The molecule has 0 bridgehead atoms. The van der Waals surface area contributed by atoms with E-state index in [9.17, 15) is 14.4 Å². The lowest BCUT2D eigenvalue weighted by Gasteiger charge is -2.04. The summed E-state index contributed by atoms with van der Waals surface area (Å²) in [6.07, 6.45) is 0.154. The number of carboxylic acids is 1. The Morgan fingerprint density at radius 3 is 2.56 bits per heavy atom. The van der Waals surface area contributed by atoms with Crippen LogP contribution in [0.1, 0.15) is 27.4 Å². The lowest BCUT2D eigenvalue weighted by Crippen LogP contribution is -2.29. The maximum absolute atomic E-state index is 11.6. The number of pyridine rings is 1. The van der Waals surface area contributed by atoms with Gasteiger partial charge in [-0.15, -0.1) is 0 Å². The van der Waals surface area contributed by atoms with Crippen LogP contribution in [-0.4, -0.2) is 41.5 Å². The molecule has 96 valence electrons. The second-order valence-electron chi connectivity index (χ2n) is 3.39. The summed E-state index contributed by atoms with van der Waals surface area (Å²) in [5.74, 6) is -1.90. The van der Waals surface area contributed by atoms with Crippen molar-refractivity contribution >= 4 is 17.8 Å². The predicted molar refractivity (Wildman–Crippen MR) is 62.2 cm³/mol. The van der Waals surface area contributed by atoms with E-state index in [1.165, 1.54) is 25.2 Å². The van der Waals surface area contributed by atoms with Crippen molar-refractivity contribution in [2.45, 2.75) is 6.42 Å². The second-order valence-corrected chi connectivity index (χ2v) is 3.39. The van der Waals surface area contributed by atoms with Gasteiger partial charge in [0.05, 0.1) is 0 Å². The largest absolute Gasteiger partial charge is 0.477 e. The maximum Gasteiger partial charge on any atom is 0.354 e. The Kier molecular flexibility index (Phi) is 4.79. The summed E-state index contributed by atoms with van der Waals surface area (Å²) in [6, 6.07) is 4.13. The Bertz CT molecular complexity index is 473. The Balaban J connectivity index is 2.59. The molecule has 0 aromatic carbocycles. The van der Waals surface area contributed by atoms with Crippen LogP contribution in [0.3, 0.4) is 0 Å². The summed E-state index contributed by atoms with van der Waals surface area (Å²) in [4.78, 5) is 36.9. The lowest BCUT2D eigenvalue weighted by atomic mass is 10.3. The molecule has 1 rings (SSSR count). The van der Waals surface area contributed by atoms with Crippen molar-refractivity contribution in [3.05, 3.63) is 29.6 Å².